The van der Waals surface area contributed by atoms with Crippen LogP contribution in [0.4, 0.5) is 11.4 Å². The zero-order valence-electron chi connectivity index (χ0n) is 17.2. The van der Waals surface area contributed by atoms with Crippen molar-refractivity contribution < 1.29 is 14.3 Å². The molecular formula is C22H26N4O4. The molecule has 1 aromatic heterocycles. The number of aryl methyl sites for hydroxylation is 1. The number of ether oxygens (including phenoxy) is 1. The molecule has 8 heteroatoms. The number of piperidine rings is 1. The van der Waals surface area contributed by atoms with Crippen LogP contribution in [0.3, 0.4) is 0 Å². The summed E-state index contributed by atoms with van der Waals surface area (Å²) in [4.78, 5) is 39.4. The molecule has 30 heavy (non-hydrogen) atoms. The Morgan fingerprint density at radius 3 is 2.90 bits per heavy atom. The molecule has 2 N–H and O–H groups in total. The van der Waals surface area contributed by atoms with Gasteiger partial charge in [0.2, 0.25) is 0 Å². The van der Waals surface area contributed by atoms with Gasteiger partial charge >= 0.3 is 0 Å². The van der Waals surface area contributed by atoms with Crippen molar-refractivity contribution in [2.75, 3.05) is 37.0 Å². The molecule has 2 aromatic rings. The Balaban J connectivity index is 1.57. The van der Waals surface area contributed by atoms with Crippen LogP contribution in [0.15, 0.2) is 35.3 Å². The van der Waals surface area contributed by atoms with Gasteiger partial charge in [0.25, 0.3) is 17.4 Å². The summed E-state index contributed by atoms with van der Waals surface area (Å²) in [5.41, 5.74) is 1.56. The first-order valence-corrected chi connectivity index (χ1v) is 10.2. The van der Waals surface area contributed by atoms with Gasteiger partial charge in [-0.15, -0.1) is 0 Å². The SMILES string of the molecule is Cc1ccn(CC2CCCNC2)c(=O)c1C(=O)Nc1ccc2c(c1)N(C)C(=O)CO2. The van der Waals surface area contributed by atoms with Crippen LogP contribution in [0, 0.1) is 12.8 Å². The Morgan fingerprint density at radius 1 is 1.30 bits per heavy atom. The van der Waals surface area contributed by atoms with Gasteiger partial charge in [-0.1, -0.05) is 0 Å². The molecule has 3 heterocycles. The largest absolute Gasteiger partial charge is 0.482 e. The Morgan fingerprint density at radius 2 is 2.13 bits per heavy atom. The van der Waals surface area contributed by atoms with Crippen LogP contribution in [0.2, 0.25) is 0 Å². The lowest BCUT2D eigenvalue weighted by atomic mass is 9.99. The number of nitrogens with zero attached hydrogens (tertiary/aromatic N) is 2. The highest BCUT2D eigenvalue weighted by molar-refractivity contribution is 6.06. The molecule has 158 valence electrons. The number of nitrogens with one attached hydrogen (secondary N) is 2. The number of rotatable bonds is 4. The number of anilines is 2. The van der Waals surface area contributed by atoms with Crippen LogP contribution in [-0.2, 0) is 11.3 Å². The van der Waals surface area contributed by atoms with E-state index in [0.29, 0.717) is 35.2 Å². The molecule has 2 aliphatic heterocycles. The fourth-order valence-electron chi connectivity index (χ4n) is 3.99. The molecule has 4 rings (SSSR count). The second kappa shape index (κ2) is 8.31. The van der Waals surface area contributed by atoms with Gasteiger partial charge in [0.05, 0.1) is 5.69 Å². The number of carbonyl (C=O) groups is 2. The lowest BCUT2D eigenvalue weighted by molar-refractivity contribution is -0.120. The minimum atomic E-state index is -0.459. The van der Waals surface area contributed by atoms with E-state index in [1.807, 2.05) is 0 Å². The van der Waals surface area contributed by atoms with Gasteiger partial charge in [-0.25, -0.2) is 0 Å². The van der Waals surface area contributed by atoms with E-state index >= 15 is 0 Å². The maximum Gasteiger partial charge on any atom is 0.264 e. The van der Waals surface area contributed by atoms with E-state index in [9.17, 15) is 14.4 Å². The number of hydrogen-bond donors (Lipinski definition) is 2. The summed E-state index contributed by atoms with van der Waals surface area (Å²) in [5.74, 6) is 0.336. The molecule has 1 unspecified atom stereocenters. The molecule has 0 spiro atoms. The van der Waals surface area contributed by atoms with E-state index in [2.05, 4.69) is 10.6 Å². The van der Waals surface area contributed by atoms with Gasteiger partial charge in [-0.2, -0.15) is 0 Å². The highest BCUT2D eigenvalue weighted by atomic mass is 16.5. The molecule has 1 atom stereocenters. The van der Waals surface area contributed by atoms with Crippen LogP contribution < -0.4 is 25.8 Å². The minimum Gasteiger partial charge on any atom is -0.482 e. The first kappa shape index (κ1) is 20.2. The Hall–Kier alpha value is -3.13. The molecule has 1 aromatic carbocycles. The van der Waals surface area contributed by atoms with Gasteiger partial charge in [0, 0.05) is 25.5 Å². The summed E-state index contributed by atoms with van der Waals surface area (Å²) >= 11 is 0. The minimum absolute atomic E-state index is 0.00548. The maximum atomic E-state index is 13.0. The zero-order chi connectivity index (χ0) is 21.3. The normalized spacial score (nSPS) is 18.5. The van der Waals surface area contributed by atoms with Crippen LogP contribution in [-0.4, -0.2) is 43.1 Å². The maximum absolute atomic E-state index is 13.0. The summed E-state index contributed by atoms with van der Waals surface area (Å²) in [5, 5.41) is 6.15. The average Bonchev–Trinajstić information content (AvgIpc) is 2.74. The molecule has 8 nitrogen and oxygen atoms in total. The fourth-order valence-corrected chi connectivity index (χ4v) is 3.99. The monoisotopic (exact) mass is 410 g/mol. The highest BCUT2D eigenvalue weighted by Gasteiger charge is 2.24. The molecule has 2 aliphatic rings. The van der Waals surface area contributed by atoms with Crippen molar-refractivity contribution in [3.8, 4) is 5.75 Å². The van der Waals surface area contributed by atoms with Crippen molar-refractivity contribution in [3.05, 3.63) is 51.9 Å². The van der Waals surface area contributed by atoms with Crippen LogP contribution >= 0.6 is 0 Å². The average molecular weight is 410 g/mol. The first-order chi connectivity index (χ1) is 14.4. The van der Waals surface area contributed by atoms with E-state index in [-0.39, 0.29) is 23.6 Å². The van der Waals surface area contributed by atoms with Gasteiger partial charge in [0.15, 0.2) is 6.61 Å². The number of amides is 2. The van der Waals surface area contributed by atoms with Crippen molar-refractivity contribution in [2.45, 2.75) is 26.3 Å². The number of carbonyl (C=O) groups excluding carboxylic acids is 2. The van der Waals surface area contributed by atoms with Gasteiger partial charge in [-0.3, -0.25) is 14.4 Å². The molecule has 1 saturated heterocycles. The topological polar surface area (TPSA) is 92.7 Å². The fraction of sp³-hybridized carbons (Fsp3) is 0.409. The predicted octanol–water partition coefficient (Wildman–Crippen LogP) is 1.76. The van der Waals surface area contributed by atoms with Gasteiger partial charge in [-0.05, 0) is 68.6 Å². The predicted molar refractivity (Wildman–Crippen MR) is 114 cm³/mol. The molecule has 0 saturated carbocycles. The lowest BCUT2D eigenvalue weighted by Crippen LogP contribution is -2.37. The molecule has 0 radical (unpaired) electrons. The summed E-state index contributed by atoms with van der Waals surface area (Å²) < 4.78 is 7.05. The molecule has 0 bridgehead atoms. The second-order valence-corrected chi connectivity index (χ2v) is 7.92. The molecule has 2 amide bonds. The van der Waals surface area contributed by atoms with Crippen molar-refractivity contribution in [1.82, 2.24) is 9.88 Å². The van der Waals surface area contributed by atoms with E-state index in [1.165, 1.54) is 4.90 Å². The highest BCUT2D eigenvalue weighted by Crippen LogP contribution is 2.33. The van der Waals surface area contributed by atoms with Crippen LogP contribution in [0.25, 0.3) is 0 Å². The Bertz CT molecular complexity index is 1040. The summed E-state index contributed by atoms with van der Waals surface area (Å²) in [6.07, 6.45) is 3.93. The van der Waals surface area contributed by atoms with Gasteiger partial charge < -0.3 is 24.8 Å². The van der Waals surface area contributed by atoms with Crippen LogP contribution in [0.5, 0.6) is 5.75 Å². The standard InChI is InChI=1S/C22H26N4O4/c1-14-7-9-26(12-15-4-3-8-23-11-15)22(29)20(14)21(28)24-16-5-6-18-17(10-16)25(2)19(27)13-30-18/h5-7,9-10,15,23H,3-4,8,11-13H2,1-2H3,(H,24,28). The van der Waals surface area contributed by atoms with E-state index < -0.39 is 5.91 Å². The molecule has 1 fully saturated rings. The van der Waals surface area contributed by atoms with Crippen molar-refractivity contribution in [2.24, 2.45) is 5.92 Å². The third kappa shape index (κ3) is 3.95. The third-order valence-corrected chi connectivity index (χ3v) is 5.76. The molecule has 0 aliphatic carbocycles. The van der Waals surface area contributed by atoms with E-state index in [4.69, 9.17) is 4.74 Å². The number of fused-ring (bicyclic) bond motifs is 1. The number of hydrogen-bond acceptors (Lipinski definition) is 5. The number of benzene rings is 1. The van der Waals surface area contributed by atoms with Gasteiger partial charge in [0.1, 0.15) is 11.3 Å². The van der Waals surface area contributed by atoms with Crippen molar-refractivity contribution >= 4 is 23.2 Å². The summed E-state index contributed by atoms with van der Waals surface area (Å²) in [6.45, 7) is 4.24. The lowest BCUT2D eigenvalue weighted by Gasteiger charge is -2.26. The first-order valence-electron chi connectivity index (χ1n) is 10.2. The second-order valence-electron chi connectivity index (χ2n) is 7.92. The van der Waals surface area contributed by atoms with Crippen LogP contribution in [0.1, 0.15) is 28.8 Å². The smallest absolute Gasteiger partial charge is 0.264 e. The number of pyridine rings is 1. The Kier molecular flexibility index (Phi) is 5.59. The quantitative estimate of drug-likeness (QED) is 0.801. The Labute approximate surface area is 174 Å². The summed E-state index contributed by atoms with van der Waals surface area (Å²) in [7, 11) is 1.66. The number of likely N-dealkylation sites (N-methyl/N-ethyl adjacent to an activating group) is 1. The van der Waals surface area contributed by atoms with E-state index in [1.54, 1.807) is 49.0 Å². The zero-order valence-corrected chi connectivity index (χ0v) is 17.2. The van der Waals surface area contributed by atoms with Crippen molar-refractivity contribution in [1.29, 1.82) is 0 Å². The number of aromatic nitrogens is 1. The van der Waals surface area contributed by atoms with Crippen molar-refractivity contribution in [3.63, 3.8) is 0 Å². The third-order valence-electron chi connectivity index (χ3n) is 5.76. The molecular weight excluding hydrogens is 384 g/mol. The van der Waals surface area contributed by atoms with E-state index in [0.717, 1.165) is 25.9 Å². The summed E-state index contributed by atoms with van der Waals surface area (Å²) in [6, 6.07) is 6.89.